The molecule has 0 aromatic heterocycles. The van der Waals surface area contributed by atoms with Gasteiger partial charge < -0.3 is 10.6 Å². The van der Waals surface area contributed by atoms with Crippen molar-refractivity contribution in [3.63, 3.8) is 0 Å². The molecule has 1 saturated heterocycles. The van der Waals surface area contributed by atoms with Gasteiger partial charge in [0.15, 0.2) is 0 Å². The molecule has 1 aliphatic rings. The summed E-state index contributed by atoms with van der Waals surface area (Å²) >= 11 is 0. The summed E-state index contributed by atoms with van der Waals surface area (Å²) in [4.78, 5) is 13.9. The first kappa shape index (κ1) is 12.8. The highest BCUT2D eigenvalue weighted by Gasteiger charge is 2.20. The topological polar surface area (TPSA) is 46.3 Å². The van der Waals surface area contributed by atoms with Crippen molar-refractivity contribution in [3.8, 4) is 0 Å². The van der Waals surface area contributed by atoms with E-state index in [1.54, 1.807) is 6.08 Å². The number of piperidine rings is 1. The van der Waals surface area contributed by atoms with Crippen molar-refractivity contribution in [3.05, 3.63) is 42.0 Å². The molecule has 3 nitrogen and oxygen atoms in total. The summed E-state index contributed by atoms with van der Waals surface area (Å²) in [6.07, 6.45) is 5.73. The molecular formula is C15H20N2O. The largest absolute Gasteiger partial charge is 0.339 e. The second-order valence-corrected chi connectivity index (χ2v) is 4.77. The summed E-state index contributed by atoms with van der Waals surface area (Å²) in [7, 11) is 0. The van der Waals surface area contributed by atoms with Gasteiger partial charge in [0.25, 0.3) is 0 Å². The van der Waals surface area contributed by atoms with E-state index in [0.717, 1.165) is 31.5 Å². The van der Waals surface area contributed by atoms with E-state index in [1.165, 1.54) is 0 Å². The van der Waals surface area contributed by atoms with Crippen LogP contribution >= 0.6 is 0 Å². The quantitative estimate of drug-likeness (QED) is 0.825. The first-order valence-corrected chi connectivity index (χ1v) is 6.51. The fraction of sp³-hybridized carbons (Fsp3) is 0.400. The first-order chi connectivity index (χ1) is 8.79. The van der Waals surface area contributed by atoms with Gasteiger partial charge in [-0.25, -0.2) is 0 Å². The average Bonchev–Trinajstić information content (AvgIpc) is 2.46. The third-order valence-electron chi connectivity index (χ3n) is 3.38. The van der Waals surface area contributed by atoms with E-state index >= 15 is 0 Å². The summed E-state index contributed by atoms with van der Waals surface area (Å²) in [5.74, 6) is 0.560. The van der Waals surface area contributed by atoms with Crippen LogP contribution in [0, 0.1) is 5.92 Å². The zero-order valence-electron chi connectivity index (χ0n) is 10.6. The van der Waals surface area contributed by atoms with Crippen molar-refractivity contribution in [2.24, 2.45) is 11.7 Å². The molecule has 96 valence electrons. The van der Waals surface area contributed by atoms with Crippen molar-refractivity contribution in [1.29, 1.82) is 0 Å². The molecule has 1 aliphatic heterocycles. The number of rotatable bonds is 3. The Morgan fingerprint density at radius 3 is 2.89 bits per heavy atom. The van der Waals surface area contributed by atoms with Gasteiger partial charge in [0.05, 0.1) is 0 Å². The standard InChI is InChI=1S/C15H20N2O/c16-11-14-7-4-10-17(12-14)15(18)9-8-13-5-2-1-3-6-13/h1-3,5-6,8-9,14H,4,7,10-12,16H2. The van der Waals surface area contributed by atoms with Crippen LogP contribution in [0.25, 0.3) is 6.08 Å². The Balaban J connectivity index is 1.93. The highest BCUT2D eigenvalue weighted by molar-refractivity contribution is 5.91. The number of nitrogens with zero attached hydrogens (tertiary/aromatic N) is 1. The van der Waals surface area contributed by atoms with Gasteiger partial charge in [-0.2, -0.15) is 0 Å². The van der Waals surface area contributed by atoms with Crippen LogP contribution in [0.1, 0.15) is 18.4 Å². The summed E-state index contributed by atoms with van der Waals surface area (Å²) in [5, 5.41) is 0. The lowest BCUT2D eigenvalue weighted by Gasteiger charge is -2.31. The van der Waals surface area contributed by atoms with E-state index in [1.807, 2.05) is 41.3 Å². The SMILES string of the molecule is NCC1CCCN(C(=O)C=Cc2ccccc2)C1. The molecule has 2 N–H and O–H groups in total. The molecule has 1 fully saturated rings. The number of carbonyl (C=O) groups excluding carboxylic acids is 1. The Kier molecular flexibility index (Phi) is 4.53. The van der Waals surface area contributed by atoms with Gasteiger partial charge in [-0.05, 0) is 36.9 Å². The fourth-order valence-corrected chi connectivity index (χ4v) is 2.29. The lowest BCUT2D eigenvalue weighted by Crippen LogP contribution is -2.41. The number of amides is 1. The Morgan fingerprint density at radius 1 is 1.39 bits per heavy atom. The molecule has 1 unspecified atom stereocenters. The normalized spacial score (nSPS) is 20.3. The molecule has 0 spiro atoms. The molecule has 2 rings (SSSR count). The van der Waals surface area contributed by atoms with Gasteiger partial charge in [0, 0.05) is 19.2 Å². The lowest BCUT2D eigenvalue weighted by molar-refractivity contribution is -0.127. The van der Waals surface area contributed by atoms with Crippen LogP contribution in [0.15, 0.2) is 36.4 Å². The van der Waals surface area contributed by atoms with Crippen molar-refractivity contribution in [2.75, 3.05) is 19.6 Å². The van der Waals surface area contributed by atoms with E-state index in [2.05, 4.69) is 0 Å². The second kappa shape index (κ2) is 6.36. The van der Waals surface area contributed by atoms with E-state index in [9.17, 15) is 4.79 Å². The van der Waals surface area contributed by atoms with E-state index in [4.69, 9.17) is 5.73 Å². The monoisotopic (exact) mass is 244 g/mol. The summed E-state index contributed by atoms with van der Waals surface area (Å²) in [6, 6.07) is 9.88. The summed E-state index contributed by atoms with van der Waals surface area (Å²) in [5.41, 5.74) is 6.73. The Bertz CT molecular complexity index is 414. The van der Waals surface area contributed by atoms with Gasteiger partial charge in [-0.3, -0.25) is 4.79 Å². The predicted molar refractivity (Wildman–Crippen MR) is 73.8 cm³/mol. The molecule has 3 heteroatoms. The van der Waals surface area contributed by atoms with Crippen LogP contribution in [0.2, 0.25) is 0 Å². The van der Waals surface area contributed by atoms with Gasteiger partial charge in [-0.15, -0.1) is 0 Å². The number of carbonyl (C=O) groups is 1. The summed E-state index contributed by atoms with van der Waals surface area (Å²) in [6.45, 7) is 2.33. The highest BCUT2D eigenvalue weighted by Crippen LogP contribution is 2.15. The van der Waals surface area contributed by atoms with Crippen LogP contribution < -0.4 is 5.73 Å². The molecule has 1 atom stereocenters. The first-order valence-electron chi connectivity index (χ1n) is 6.51. The van der Waals surface area contributed by atoms with E-state index < -0.39 is 0 Å². The molecule has 1 heterocycles. The van der Waals surface area contributed by atoms with Crippen LogP contribution in [0.3, 0.4) is 0 Å². The van der Waals surface area contributed by atoms with Crippen molar-refractivity contribution in [2.45, 2.75) is 12.8 Å². The van der Waals surface area contributed by atoms with Crippen LogP contribution in [-0.2, 0) is 4.79 Å². The van der Waals surface area contributed by atoms with Crippen molar-refractivity contribution < 1.29 is 4.79 Å². The van der Waals surface area contributed by atoms with Crippen molar-refractivity contribution in [1.82, 2.24) is 4.90 Å². The zero-order valence-corrected chi connectivity index (χ0v) is 10.6. The van der Waals surface area contributed by atoms with E-state index in [-0.39, 0.29) is 5.91 Å². The lowest BCUT2D eigenvalue weighted by atomic mass is 9.98. The molecule has 1 amide bonds. The van der Waals surface area contributed by atoms with Gasteiger partial charge in [-0.1, -0.05) is 30.3 Å². The molecule has 1 aromatic rings. The third kappa shape index (κ3) is 3.44. The molecule has 18 heavy (non-hydrogen) atoms. The number of hydrogen-bond acceptors (Lipinski definition) is 2. The van der Waals surface area contributed by atoms with E-state index in [0.29, 0.717) is 12.5 Å². The third-order valence-corrected chi connectivity index (χ3v) is 3.38. The van der Waals surface area contributed by atoms with Crippen LogP contribution in [0.4, 0.5) is 0 Å². The number of nitrogens with two attached hydrogens (primary N) is 1. The fourth-order valence-electron chi connectivity index (χ4n) is 2.29. The Labute approximate surface area is 108 Å². The minimum absolute atomic E-state index is 0.0944. The molecule has 0 radical (unpaired) electrons. The maximum absolute atomic E-state index is 12.0. The van der Waals surface area contributed by atoms with Gasteiger partial charge in [0.1, 0.15) is 0 Å². The average molecular weight is 244 g/mol. The minimum Gasteiger partial charge on any atom is -0.339 e. The van der Waals surface area contributed by atoms with Crippen LogP contribution in [0.5, 0.6) is 0 Å². The van der Waals surface area contributed by atoms with Gasteiger partial charge >= 0.3 is 0 Å². The van der Waals surface area contributed by atoms with Crippen LogP contribution in [-0.4, -0.2) is 30.4 Å². The number of benzene rings is 1. The number of likely N-dealkylation sites (tertiary alicyclic amines) is 1. The maximum atomic E-state index is 12.0. The molecular weight excluding hydrogens is 224 g/mol. The Hall–Kier alpha value is -1.61. The predicted octanol–water partition coefficient (Wildman–Crippen LogP) is 1.90. The smallest absolute Gasteiger partial charge is 0.246 e. The summed E-state index contributed by atoms with van der Waals surface area (Å²) < 4.78 is 0. The minimum atomic E-state index is 0.0944. The molecule has 1 aromatic carbocycles. The van der Waals surface area contributed by atoms with Crippen molar-refractivity contribution >= 4 is 12.0 Å². The molecule has 0 bridgehead atoms. The van der Waals surface area contributed by atoms with Gasteiger partial charge in [0.2, 0.25) is 5.91 Å². The molecule has 0 saturated carbocycles. The number of hydrogen-bond donors (Lipinski definition) is 1. The highest BCUT2D eigenvalue weighted by atomic mass is 16.2. The zero-order chi connectivity index (χ0) is 12.8. The molecule has 0 aliphatic carbocycles. The second-order valence-electron chi connectivity index (χ2n) is 4.77. The Morgan fingerprint density at radius 2 is 2.17 bits per heavy atom. The maximum Gasteiger partial charge on any atom is 0.246 e.